The minimum Gasteiger partial charge on any atom is -0.350 e. The Kier molecular flexibility index (Phi) is 4.68. The zero-order chi connectivity index (χ0) is 16.4. The topological polar surface area (TPSA) is 64.0 Å². The minimum absolute atomic E-state index is 0.168. The van der Waals surface area contributed by atoms with E-state index >= 15 is 0 Å². The summed E-state index contributed by atoms with van der Waals surface area (Å²) < 4.78 is 1.39. The van der Waals surface area contributed by atoms with Gasteiger partial charge in [-0.2, -0.15) is 5.10 Å². The van der Waals surface area contributed by atoms with Crippen LogP contribution in [0.4, 0.5) is 0 Å². The van der Waals surface area contributed by atoms with Crippen LogP contribution in [-0.4, -0.2) is 22.2 Å². The number of halogens is 2. The van der Waals surface area contributed by atoms with Crippen molar-refractivity contribution in [1.29, 1.82) is 0 Å². The van der Waals surface area contributed by atoms with Gasteiger partial charge in [-0.15, -0.1) is 0 Å². The highest BCUT2D eigenvalue weighted by Gasteiger charge is 2.25. The summed E-state index contributed by atoms with van der Waals surface area (Å²) >= 11 is 11.7. The third kappa shape index (κ3) is 3.92. The average molecular weight is 352 g/mol. The molecule has 1 aliphatic rings. The molecule has 1 amide bonds. The fraction of sp³-hybridized carbons (Fsp3) is 0.312. The van der Waals surface area contributed by atoms with Gasteiger partial charge in [-0.1, -0.05) is 23.2 Å². The van der Waals surface area contributed by atoms with Crippen LogP contribution in [0.15, 0.2) is 35.1 Å². The van der Waals surface area contributed by atoms with Crippen molar-refractivity contribution in [3.63, 3.8) is 0 Å². The van der Waals surface area contributed by atoms with Gasteiger partial charge in [-0.05, 0) is 37.1 Å². The van der Waals surface area contributed by atoms with E-state index in [4.69, 9.17) is 23.2 Å². The molecule has 120 valence electrons. The zero-order valence-electron chi connectivity index (χ0n) is 12.3. The Hall–Kier alpha value is -1.85. The van der Waals surface area contributed by atoms with Gasteiger partial charge in [0.05, 0.1) is 22.3 Å². The summed E-state index contributed by atoms with van der Waals surface area (Å²) in [5.41, 5.74) is 1.20. The molecule has 0 atom stereocenters. The Morgan fingerprint density at radius 3 is 2.70 bits per heavy atom. The molecule has 0 aliphatic heterocycles. The molecule has 0 radical (unpaired) electrons. The number of hydrogen-bond donors (Lipinski definition) is 1. The van der Waals surface area contributed by atoms with Gasteiger partial charge < -0.3 is 5.32 Å². The standard InChI is InChI=1S/C16H15Cl2N3O2/c17-12-4-3-11(9-13(12)18)16(23)19-7-8-21-15(22)6-5-14(20-21)10-1-2-10/h3-6,9-10H,1-2,7-8H2,(H,19,23). The van der Waals surface area contributed by atoms with Crippen LogP contribution in [0.3, 0.4) is 0 Å². The Balaban J connectivity index is 1.60. The second kappa shape index (κ2) is 6.72. The third-order valence-corrected chi connectivity index (χ3v) is 4.41. The molecule has 3 rings (SSSR count). The molecule has 0 spiro atoms. The maximum Gasteiger partial charge on any atom is 0.266 e. The monoisotopic (exact) mass is 351 g/mol. The third-order valence-electron chi connectivity index (χ3n) is 3.67. The first-order chi connectivity index (χ1) is 11.0. The molecule has 0 bridgehead atoms. The van der Waals surface area contributed by atoms with Gasteiger partial charge in [-0.3, -0.25) is 9.59 Å². The van der Waals surface area contributed by atoms with E-state index in [2.05, 4.69) is 10.4 Å². The number of nitrogens with one attached hydrogen (secondary N) is 1. The Bertz CT molecular complexity index is 800. The SMILES string of the molecule is O=C(NCCn1nc(C2CC2)ccc1=O)c1ccc(Cl)c(Cl)c1. The van der Waals surface area contributed by atoms with E-state index in [1.165, 1.54) is 16.8 Å². The van der Waals surface area contributed by atoms with Gasteiger partial charge in [0.2, 0.25) is 0 Å². The molecule has 2 aromatic rings. The van der Waals surface area contributed by atoms with Gasteiger partial charge in [-0.25, -0.2) is 4.68 Å². The van der Waals surface area contributed by atoms with Gasteiger partial charge in [0.15, 0.2) is 0 Å². The zero-order valence-corrected chi connectivity index (χ0v) is 13.8. The molecule has 1 saturated carbocycles. The predicted molar refractivity (Wildman–Crippen MR) is 89.3 cm³/mol. The average Bonchev–Trinajstić information content (AvgIpc) is 3.36. The molecule has 1 heterocycles. The fourth-order valence-electron chi connectivity index (χ4n) is 2.24. The molecular formula is C16H15Cl2N3O2. The van der Waals surface area contributed by atoms with Crippen molar-refractivity contribution in [3.05, 3.63) is 62.0 Å². The number of benzene rings is 1. The first-order valence-corrected chi connectivity index (χ1v) is 8.11. The number of hydrogen-bond acceptors (Lipinski definition) is 3. The van der Waals surface area contributed by atoms with Crippen LogP contribution < -0.4 is 10.9 Å². The van der Waals surface area contributed by atoms with E-state index in [0.717, 1.165) is 18.5 Å². The molecule has 1 N–H and O–H groups in total. The van der Waals surface area contributed by atoms with Crippen molar-refractivity contribution < 1.29 is 4.79 Å². The largest absolute Gasteiger partial charge is 0.350 e. The first kappa shape index (κ1) is 16.0. The summed E-state index contributed by atoms with van der Waals surface area (Å²) in [6.07, 6.45) is 2.25. The molecule has 1 aromatic heterocycles. The molecule has 5 nitrogen and oxygen atoms in total. The molecule has 7 heteroatoms. The lowest BCUT2D eigenvalue weighted by atomic mass is 10.2. The van der Waals surface area contributed by atoms with Crippen molar-refractivity contribution in [2.75, 3.05) is 6.54 Å². The lowest BCUT2D eigenvalue weighted by Crippen LogP contribution is -2.32. The highest BCUT2D eigenvalue weighted by Crippen LogP contribution is 2.38. The summed E-state index contributed by atoms with van der Waals surface area (Å²) in [5.74, 6) is 0.211. The lowest BCUT2D eigenvalue weighted by Gasteiger charge is -2.08. The van der Waals surface area contributed by atoms with Crippen molar-refractivity contribution >= 4 is 29.1 Å². The smallest absolute Gasteiger partial charge is 0.266 e. The van der Waals surface area contributed by atoms with E-state index in [-0.39, 0.29) is 11.5 Å². The number of carbonyl (C=O) groups is 1. The van der Waals surface area contributed by atoms with Crippen molar-refractivity contribution in [1.82, 2.24) is 15.1 Å². The van der Waals surface area contributed by atoms with E-state index in [9.17, 15) is 9.59 Å². The van der Waals surface area contributed by atoms with Crippen LogP contribution >= 0.6 is 23.2 Å². The highest BCUT2D eigenvalue weighted by atomic mass is 35.5. The summed E-state index contributed by atoms with van der Waals surface area (Å²) in [6, 6.07) is 8.00. The number of aromatic nitrogens is 2. The molecule has 1 aromatic carbocycles. The number of rotatable bonds is 5. The molecule has 0 saturated heterocycles. The lowest BCUT2D eigenvalue weighted by molar-refractivity contribution is 0.0951. The van der Waals surface area contributed by atoms with Gasteiger partial charge >= 0.3 is 0 Å². The number of nitrogens with zero attached hydrogens (tertiary/aromatic N) is 2. The first-order valence-electron chi connectivity index (χ1n) is 7.36. The quantitative estimate of drug-likeness (QED) is 0.900. The normalized spacial score (nSPS) is 13.8. The van der Waals surface area contributed by atoms with Crippen LogP contribution in [0.1, 0.15) is 34.8 Å². The second-order valence-electron chi connectivity index (χ2n) is 5.48. The van der Waals surface area contributed by atoms with E-state index in [1.54, 1.807) is 18.2 Å². The van der Waals surface area contributed by atoms with Crippen molar-refractivity contribution in [2.45, 2.75) is 25.3 Å². The predicted octanol–water partition coefficient (Wildman–Crippen LogP) is 2.86. The van der Waals surface area contributed by atoms with E-state index < -0.39 is 0 Å². The summed E-state index contributed by atoms with van der Waals surface area (Å²) in [7, 11) is 0. The van der Waals surface area contributed by atoms with Crippen LogP contribution in [0, 0.1) is 0 Å². The second-order valence-corrected chi connectivity index (χ2v) is 6.29. The number of amides is 1. The molecule has 1 aliphatic carbocycles. The highest BCUT2D eigenvalue weighted by molar-refractivity contribution is 6.42. The van der Waals surface area contributed by atoms with Crippen molar-refractivity contribution in [2.24, 2.45) is 0 Å². The Labute approximate surface area is 143 Å². The van der Waals surface area contributed by atoms with Crippen LogP contribution in [-0.2, 0) is 6.54 Å². The van der Waals surface area contributed by atoms with Crippen LogP contribution in [0.25, 0.3) is 0 Å². The summed E-state index contributed by atoms with van der Waals surface area (Å²) in [4.78, 5) is 23.8. The number of carbonyl (C=O) groups excluding carboxylic acids is 1. The van der Waals surface area contributed by atoms with Gasteiger partial charge in [0.25, 0.3) is 11.5 Å². The van der Waals surface area contributed by atoms with Crippen molar-refractivity contribution in [3.8, 4) is 0 Å². The maximum absolute atomic E-state index is 12.0. The van der Waals surface area contributed by atoms with Gasteiger partial charge in [0, 0.05) is 24.1 Å². The Morgan fingerprint density at radius 2 is 2.00 bits per heavy atom. The van der Waals surface area contributed by atoms with E-state index in [1.807, 2.05) is 0 Å². The van der Waals surface area contributed by atoms with Crippen LogP contribution in [0.2, 0.25) is 10.0 Å². The summed E-state index contributed by atoms with van der Waals surface area (Å²) in [6.45, 7) is 0.632. The maximum atomic E-state index is 12.0. The molecule has 1 fully saturated rings. The molecule has 0 unspecified atom stereocenters. The van der Waals surface area contributed by atoms with E-state index in [0.29, 0.717) is 34.6 Å². The molecular weight excluding hydrogens is 337 g/mol. The molecule has 23 heavy (non-hydrogen) atoms. The minimum atomic E-state index is -0.269. The van der Waals surface area contributed by atoms with Gasteiger partial charge in [0.1, 0.15) is 0 Å². The summed E-state index contributed by atoms with van der Waals surface area (Å²) in [5, 5.41) is 7.82. The fourth-order valence-corrected chi connectivity index (χ4v) is 2.53. The van der Waals surface area contributed by atoms with Crippen LogP contribution in [0.5, 0.6) is 0 Å². The Morgan fingerprint density at radius 1 is 1.22 bits per heavy atom.